The predicted molar refractivity (Wildman–Crippen MR) is 86.8 cm³/mol. The van der Waals surface area contributed by atoms with Crippen molar-refractivity contribution in [1.82, 2.24) is 20.6 Å². The molecule has 2 aromatic heterocycles. The summed E-state index contributed by atoms with van der Waals surface area (Å²) in [5.74, 6) is -0.259. The lowest BCUT2D eigenvalue weighted by molar-refractivity contribution is -0.120. The summed E-state index contributed by atoms with van der Waals surface area (Å²) in [7, 11) is 0. The van der Waals surface area contributed by atoms with Crippen LogP contribution in [0.5, 0.6) is 0 Å². The number of anilines is 1. The quantitative estimate of drug-likeness (QED) is 0.502. The number of aromatic amines is 1. The molecule has 3 aromatic rings. The third-order valence-corrected chi connectivity index (χ3v) is 3.87. The number of para-hydroxylation sites is 1. The van der Waals surface area contributed by atoms with Crippen molar-refractivity contribution in [1.29, 1.82) is 0 Å². The third-order valence-electron chi connectivity index (χ3n) is 3.12. The first-order valence-corrected chi connectivity index (χ1v) is 7.42. The fourth-order valence-electron chi connectivity index (χ4n) is 2.15. The number of nitrogens with one attached hydrogen (secondary N) is 2. The molecule has 2 heterocycles. The number of amides is 1. The summed E-state index contributed by atoms with van der Waals surface area (Å²) >= 11 is 1.19. The number of hydrazone groups is 1. The molecule has 8 heteroatoms. The number of H-pyrrole nitrogens is 1. The van der Waals surface area contributed by atoms with Gasteiger partial charge in [-0.05, 0) is 13.0 Å². The summed E-state index contributed by atoms with van der Waals surface area (Å²) in [5.41, 5.74) is 10.9. The Balaban J connectivity index is 1.68. The van der Waals surface area contributed by atoms with Gasteiger partial charge in [0, 0.05) is 22.2 Å². The van der Waals surface area contributed by atoms with E-state index in [-0.39, 0.29) is 12.3 Å². The van der Waals surface area contributed by atoms with E-state index in [1.54, 1.807) is 6.21 Å². The Bertz CT molecular complexity index is 850. The molecule has 1 amide bonds. The maximum atomic E-state index is 11.8. The molecular weight excluding hydrogens is 300 g/mol. The average Bonchev–Trinajstić information content (AvgIpc) is 3.03. The molecule has 0 bridgehead atoms. The Morgan fingerprint density at radius 3 is 3.05 bits per heavy atom. The molecule has 0 fully saturated rings. The molecule has 112 valence electrons. The number of rotatable bonds is 4. The van der Waals surface area contributed by atoms with Gasteiger partial charge in [-0.2, -0.15) is 5.10 Å². The topological polar surface area (TPSA) is 109 Å². The van der Waals surface area contributed by atoms with Gasteiger partial charge < -0.3 is 10.7 Å². The van der Waals surface area contributed by atoms with Gasteiger partial charge in [0.15, 0.2) is 0 Å². The van der Waals surface area contributed by atoms with E-state index in [0.717, 1.165) is 22.2 Å². The Morgan fingerprint density at radius 2 is 2.27 bits per heavy atom. The van der Waals surface area contributed by atoms with E-state index in [2.05, 4.69) is 25.7 Å². The van der Waals surface area contributed by atoms with Crippen LogP contribution in [-0.4, -0.2) is 27.3 Å². The molecule has 1 aromatic carbocycles. The number of carbonyl (C=O) groups excluding carboxylic acids is 1. The van der Waals surface area contributed by atoms with E-state index in [4.69, 9.17) is 5.73 Å². The normalized spacial score (nSPS) is 11.3. The first-order chi connectivity index (χ1) is 10.6. The van der Waals surface area contributed by atoms with Crippen LogP contribution < -0.4 is 11.2 Å². The minimum Gasteiger partial charge on any atom is -0.374 e. The molecule has 0 radical (unpaired) electrons. The van der Waals surface area contributed by atoms with Crippen LogP contribution in [0.2, 0.25) is 0 Å². The second kappa shape index (κ2) is 5.94. The number of benzene rings is 1. The maximum Gasteiger partial charge on any atom is 0.247 e. The number of nitrogens with two attached hydrogens (primary N) is 1. The van der Waals surface area contributed by atoms with Gasteiger partial charge >= 0.3 is 0 Å². The zero-order chi connectivity index (χ0) is 15.5. The van der Waals surface area contributed by atoms with Gasteiger partial charge in [0.05, 0.1) is 12.6 Å². The largest absolute Gasteiger partial charge is 0.374 e. The van der Waals surface area contributed by atoms with Crippen molar-refractivity contribution in [2.45, 2.75) is 13.3 Å². The van der Waals surface area contributed by atoms with Gasteiger partial charge in [-0.15, -0.1) is 10.2 Å². The number of fused-ring (bicyclic) bond motifs is 1. The van der Waals surface area contributed by atoms with Gasteiger partial charge in [0.2, 0.25) is 11.0 Å². The zero-order valence-corrected chi connectivity index (χ0v) is 12.6. The molecule has 0 saturated carbocycles. The summed E-state index contributed by atoms with van der Waals surface area (Å²) in [6.07, 6.45) is 1.75. The van der Waals surface area contributed by atoms with Gasteiger partial charge in [0.25, 0.3) is 0 Å². The van der Waals surface area contributed by atoms with E-state index in [0.29, 0.717) is 10.1 Å². The molecule has 7 nitrogen and oxygen atoms in total. The molecule has 0 spiro atoms. The van der Waals surface area contributed by atoms with Crippen LogP contribution in [0.3, 0.4) is 0 Å². The molecule has 0 aliphatic heterocycles. The molecule has 3 rings (SSSR count). The van der Waals surface area contributed by atoms with Gasteiger partial charge in [-0.25, -0.2) is 5.43 Å². The number of hydrogen-bond donors (Lipinski definition) is 3. The van der Waals surface area contributed by atoms with Gasteiger partial charge in [-0.1, -0.05) is 29.5 Å². The number of hydrogen-bond acceptors (Lipinski definition) is 6. The monoisotopic (exact) mass is 314 g/mol. The Morgan fingerprint density at radius 1 is 1.45 bits per heavy atom. The molecule has 4 N–H and O–H groups in total. The van der Waals surface area contributed by atoms with Crippen molar-refractivity contribution in [2.24, 2.45) is 5.10 Å². The minimum atomic E-state index is -0.259. The highest BCUT2D eigenvalue weighted by Crippen LogP contribution is 2.19. The first-order valence-electron chi connectivity index (χ1n) is 6.60. The van der Waals surface area contributed by atoms with E-state index < -0.39 is 0 Å². The lowest BCUT2D eigenvalue weighted by Gasteiger charge is -1.96. The van der Waals surface area contributed by atoms with Crippen LogP contribution in [0.25, 0.3) is 10.9 Å². The zero-order valence-electron chi connectivity index (χ0n) is 11.8. The SMILES string of the molecule is Cc1[nH]c2ccccc2c1/C=N\NC(=O)Cc1nnc(N)s1. The number of aromatic nitrogens is 3. The highest BCUT2D eigenvalue weighted by molar-refractivity contribution is 7.15. The second-order valence-corrected chi connectivity index (χ2v) is 5.81. The van der Waals surface area contributed by atoms with Crippen molar-refractivity contribution < 1.29 is 4.79 Å². The van der Waals surface area contributed by atoms with Crippen molar-refractivity contribution in [3.8, 4) is 0 Å². The summed E-state index contributed by atoms with van der Waals surface area (Å²) in [6.45, 7) is 1.97. The van der Waals surface area contributed by atoms with Crippen LogP contribution >= 0.6 is 11.3 Å². The molecular formula is C14H14N6OS. The highest BCUT2D eigenvalue weighted by Gasteiger charge is 2.08. The summed E-state index contributed by atoms with van der Waals surface area (Å²) in [5, 5.41) is 13.4. The van der Waals surface area contributed by atoms with E-state index in [1.165, 1.54) is 11.3 Å². The molecule has 22 heavy (non-hydrogen) atoms. The molecule has 0 aliphatic carbocycles. The molecule has 0 atom stereocenters. The highest BCUT2D eigenvalue weighted by atomic mass is 32.1. The van der Waals surface area contributed by atoms with Crippen LogP contribution in [0.15, 0.2) is 29.4 Å². The van der Waals surface area contributed by atoms with Crippen molar-refractivity contribution in [3.05, 3.63) is 40.5 Å². The first kappa shape index (κ1) is 14.2. The van der Waals surface area contributed by atoms with Crippen LogP contribution in [0.4, 0.5) is 5.13 Å². The number of nitrogen functional groups attached to an aromatic ring is 1. The number of nitrogens with zero attached hydrogens (tertiary/aromatic N) is 3. The molecule has 0 aliphatic rings. The van der Waals surface area contributed by atoms with E-state index >= 15 is 0 Å². The lowest BCUT2D eigenvalue weighted by Crippen LogP contribution is -2.19. The van der Waals surface area contributed by atoms with Crippen molar-refractivity contribution in [3.63, 3.8) is 0 Å². The Hall–Kier alpha value is -2.74. The molecule has 0 saturated heterocycles. The van der Waals surface area contributed by atoms with Crippen molar-refractivity contribution >= 4 is 39.5 Å². The Kier molecular flexibility index (Phi) is 3.84. The van der Waals surface area contributed by atoms with Crippen LogP contribution in [0.1, 0.15) is 16.3 Å². The predicted octanol–water partition coefficient (Wildman–Crippen LogP) is 1.60. The summed E-state index contributed by atoms with van der Waals surface area (Å²) in [6, 6.07) is 7.93. The molecule has 0 unspecified atom stereocenters. The van der Waals surface area contributed by atoms with Crippen molar-refractivity contribution in [2.75, 3.05) is 5.73 Å². The van der Waals surface area contributed by atoms with Crippen LogP contribution in [0, 0.1) is 6.92 Å². The van der Waals surface area contributed by atoms with E-state index in [9.17, 15) is 4.79 Å². The average molecular weight is 314 g/mol. The lowest BCUT2D eigenvalue weighted by atomic mass is 10.1. The summed E-state index contributed by atoms with van der Waals surface area (Å²) in [4.78, 5) is 15.0. The number of aryl methyl sites for hydroxylation is 1. The van der Waals surface area contributed by atoms with Gasteiger partial charge in [0.1, 0.15) is 5.01 Å². The maximum absolute atomic E-state index is 11.8. The fourth-order valence-corrected chi connectivity index (χ4v) is 2.76. The second-order valence-electron chi connectivity index (χ2n) is 4.71. The van der Waals surface area contributed by atoms with E-state index in [1.807, 2.05) is 31.2 Å². The third kappa shape index (κ3) is 2.96. The van der Waals surface area contributed by atoms with Crippen LogP contribution in [-0.2, 0) is 11.2 Å². The minimum absolute atomic E-state index is 0.110. The number of carbonyl (C=O) groups is 1. The Labute approximate surface area is 130 Å². The fraction of sp³-hybridized carbons (Fsp3) is 0.143. The summed E-state index contributed by atoms with van der Waals surface area (Å²) < 4.78 is 0. The smallest absolute Gasteiger partial charge is 0.247 e. The standard InChI is InChI=1S/C14H14N6OS/c1-8-10(9-4-2-3-5-11(9)17-8)7-16-18-12(21)6-13-19-20-14(15)22-13/h2-5,7,17H,6H2,1H3,(H2,15,20)(H,18,21)/b16-7-. The van der Waals surface area contributed by atoms with Gasteiger partial charge in [-0.3, -0.25) is 4.79 Å².